The van der Waals surface area contributed by atoms with E-state index in [1.807, 2.05) is 0 Å². The highest BCUT2D eigenvalue weighted by atomic mass is 14.2. The summed E-state index contributed by atoms with van der Waals surface area (Å²) < 4.78 is 0. The van der Waals surface area contributed by atoms with Crippen LogP contribution < -0.4 is 0 Å². The van der Waals surface area contributed by atoms with E-state index < -0.39 is 0 Å². The van der Waals surface area contributed by atoms with Gasteiger partial charge in [0.05, 0.1) is 0 Å². The van der Waals surface area contributed by atoms with Crippen LogP contribution in [-0.4, -0.2) is 0 Å². The van der Waals surface area contributed by atoms with Crippen LogP contribution in [0.4, 0.5) is 0 Å². The summed E-state index contributed by atoms with van der Waals surface area (Å²) in [6, 6.07) is 71.3. The van der Waals surface area contributed by atoms with Gasteiger partial charge in [-0.25, -0.2) is 0 Å². The Morgan fingerprint density at radius 1 is 0.200 bits per heavy atom. The van der Waals surface area contributed by atoms with E-state index in [-0.39, 0.29) is 0 Å². The van der Waals surface area contributed by atoms with Gasteiger partial charge < -0.3 is 0 Å². The fraction of sp³-hybridized carbons (Fsp3) is 0. The fourth-order valence-electron chi connectivity index (χ4n) is 8.06. The van der Waals surface area contributed by atoms with Crippen LogP contribution in [-0.2, 0) is 0 Å². The molecule has 232 valence electrons. The molecule has 0 radical (unpaired) electrons. The van der Waals surface area contributed by atoms with Gasteiger partial charge in [0.15, 0.2) is 0 Å². The third kappa shape index (κ3) is 4.61. The first kappa shape index (κ1) is 28.5. The van der Waals surface area contributed by atoms with Gasteiger partial charge in [0.1, 0.15) is 0 Å². The maximum absolute atomic E-state index is 2.37. The van der Waals surface area contributed by atoms with Crippen molar-refractivity contribution in [2.24, 2.45) is 0 Å². The number of fused-ring (bicyclic) bond motifs is 6. The van der Waals surface area contributed by atoms with Crippen molar-refractivity contribution in [2.45, 2.75) is 0 Å². The molecule has 10 aromatic carbocycles. The summed E-state index contributed by atoms with van der Waals surface area (Å²) in [5.74, 6) is 0. The van der Waals surface area contributed by atoms with Crippen molar-refractivity contribution in [3.05, 3.63) is 194 Å². The highest BCUT2D eigenvalue weighted by Gasteiger charge is 2.17. The quantitative estimate of drug-likeness (QED) is 0.134. The molecule has 0 aliphatic carbocycles. The first-order valence-electron chi connectivity index (χ1n) is 17.3. The molecule has 0 atom stereocenters. The second-order valence-corrected chi connectivity index (χ2v) is 13.3. The molecule has 0 N–H and O–H groups in total. The van der Waals surface area contributed by atoms with Crippen LogP contribution >= 0.6 is 0 Å². The smallest absolute Gasteiger partial charge is 0.00262 e. The van der Waals surface area contributed by atoms with Crippen molar-refractivity contribution in [2.75, 3.05) is 0 Å². The van der Waals surface area contributed by atoms with Gasteiger partial charge >= 0.3 is 0 Å². The number of benzene rings is 10. The monoisotopic (exact) mass is 632 g/mol. The predicted molar refractivity (Wildman–Crippen MR) is 216 cm³/mol. The largest absolute Gasteiger partial charge is 0.0622 e. The maximum atomic E-state index is 2.37. The standard InChI is InChI=1S/C50H32/c1-2-13-35(14-3-1)47-32-39-28-27-38(31-48(39)42-17-7-6-16-41(42)47)34-22-25-36(26-23-34)49-43-18-8-10-20-45(43)50(46-21-11-9-19-44(46)49)40-29-24-33-12-4-5-15-37(33)30-40/h1-32H. The summed E-state index contributed by atoms with van der Waals surface area (Å²) in [6.07, 6.45) is 0. The lowest BCUT2D eigenvalue weighted by Gasteiger charge is -2.18. The van der Waals surface area contributed by atoms with E-state index in [0.717, 1.165) is 0 Å². The molecule has 0 nitrogen and oxygen atoms in total. The fourth-order valence-corrected chi connectivity index (χ4v) is 8.06. The predicted octanol–water partition coefficient (Wildman–Crippen LogP) is 14.1. The van der Waals surface area contributed by atoms with Crippen molar-refractivity contribution < 1.29 is 0 Å². The Morgan fingerprint density at radius 2 is 0.680 bits per heavy atom. The summed E-state index contributed by atoms with van der Waals surface area (Å²) in [7, 11) is 0. The van der Waals surface area contributed by atoms with E-state index in [2.05, 4.69) is 194 Å². The zero-order chi connectivity index (χ0) is 33.0. The Bertz CT molecular complexity index is 2840. The molecule has 0 saturated carbocycles. The molecule has 0 saturated heterocycles. The lowest BCUT2D eigenvalue weighted by molar-refractivity contribution is 1.63. The molecule has 10 aromatic rings. The lowest BCUT2D eigenvalue weighted by Crippen LogP contribution is -1.91. The minimum atomic E-state index is 1.22. The van der Waals surface area contributed by atoms with Gasteiger partial charge in [-0.15, -0.1) is 0 Å². The molecule has 0 amide bonds. The SMILES string of the molecule is c1ccc(-c2cc3ccc(-c4ccc(-c5c6ccccc6c(-c6ccc7ccccc7c6)c6ccccc56)cc4)cc3c3ccccc23)cc1. The van der Waals surface area contributed by atoms with Gasteiger partial charge in [0.2, 0.25) is 0 Å². The molecule has 0 aliphatic rings. The zero-order valence-corrected chi connectivity index (χ0v) is 27.5. The molecular formula is C50H32. The van der Waals surface area contributed by atoms with Crippen LogP contribution in [0, 0.1) is 0 Å². The lowest BCUT2D eigenvalue weighted by atomic mass is 9.85. The average molecular weight is 633 g/mol. The minimum Gasteiger partial charge on any atom is -0.0622 e. The topological polar surface area (TPSA) is 0 Å². The molecule has 0 unspecified atom stereocenters. The number of hydrogen-bond acceptors (Lipinski definition) is 0. The van der Waals surface area contributed by atoms with E-state index in [4.69, 9.17) is 0 Å². The summed E-state index contributed by atoms with van der Waals surface area (Å²) >= 11 is 0. The van der Waals surface area contributed by atoms with Crippen molar-refractivity contribution in [3.8, 4) is 44.5 Å². The zero-order valence-electron chi connectivity index (χ0n) is 27.5. The van der Waals surface area contributed by atoms with Crippen molar-refractivity contribution in [1.29, 1.82) is 0 Å². The molecule has 0 spiro atoms. The third-order valence-corrected chi connectivity index (χ3v) is 10.4. The van der Waals surface area contributed by atoms with Gasteiger partial charge in [0.25, 0.3) is 0 Å². The molecule has 0 heterocycles. The normalized spacial score (nSPS) is 11.6. The van der Waals surface area contributed by atoms with Crippen molar-refractivity contribution in [3.63, 3.8) is 0 Å². The van der Waals surface area contributed by atoms with Crippen LogP contribution in [0.15, 0.2) is 194 Å². The van der Waals surface area contributed by atoms with Crippen LogP contribution in [0.2, 0.25) is 0 Å². The first-order valence-corrected chi connectivity index (χ1v) is 17.3. The van der Waals surface area contributed by atoms with Crippen molar-refractivity contribution in [1.82, 2.24) is 0 Å². The molecule has 50 heavy (non-hydrogen) atoms. The van der Waals surface area contributed by atoms with Gasteiger partial charge in [0, 0.05) is 0 Å². The summed E-state index contributed by atoms with van der Waals surface area (Å²) in [4.78, 5) is 0. The Balaban J connectivity index is 1.11. The van der Waals surface area contributed by atoms with Gasteiger partial charge in [-0.05, 0) is 117 Å². The summed E-state index contributed by atoms with van der Waals surface area (Å²) in [5, 5.41) is 12.7. The maximum Gasteiger partial charge on any atom is -0.00262 e. The molecule has 0 aliphatic heterocycles. The van der Waals surface area contributed by atoms with Gasteiger partial charge in [-0.1, -0.05) is 176 Å². The molecule has 10 rings (SSSR count). The van der Waals surface area contributed by atoms with Crippen molar-refractivity contribution >= 4 is 53.9 Å². The second kappa shape index (κ2) is 11.6. The summed E-state index contributed by atoms with van der Waals surface area (Å²) in [5.41, 5.74) is 10.0. The molecule has 0 aromatic heterocycles. The van der Waals surface area contributed by atoms with Crippen LogP contribution in [0.5, 0.6) is 0 Å². The van der Waals surface area contributed by atoms with E-state index in [1.54, 1.807) is 0 Å². The summed E-state index contributed by atoms with van der Waals surface area (Å²) in [6.45, 7) is 0. The number of hydrogen-bond donors (Lipinski definition) is 0. The molecule has 0 fully saturated rings. The van der Waals surface area contributed by atoms with Crippen LogP contribution in [0.3, 0.4) is 0 Å². The van der Waals surface area contributed by atoms with Crippen LogP contribution in [0.25, 0.3) is 98.4 Å². The second-order valence-electron chi connectivity index (χ2n) is 13.3. The Kier molecular flexibility index (Phi) is 6.60. The Morgan fingerprint density at radius 3 is 1.36 bits per heavy atom. The minimum absolute atomic E-state index is 1.22. The van der Waals surface area contributed by atoms with E-state index in [1.165, 1.54) is 98.4 Å². The molecular weight excluding hydrogens is 601 g/mol. The Hall–Kier alpha value is -6.50. The first-order chi connectivity index (χ1) is 24.8. The van der Waals surface area contributed by atoms with Crippen LogP contribution in [0.1, 0.15) is 0 Å². The third-order valence-electron chi connectivity index (χ3n) is 10.4. The average Bonchev–Trinajstić information content (AvgIpc) is 3.19. The van der Waals surface area contributed by atoms with E-state index in [9.17, 15) is 0 Å². The highest BCUT2D eigenvalue weighted by Crippen LogP contribution is 2.44. The van der Waals surface area contributed by atoms with Gasteiger partial charge in [-0.2, -0.15) is 0 Å². The molecule has 0 heteroatoms. The van der Waals surface area contributed by atoms with E-state index in [0.29, 0.717) is 0 Å². The highest BCUT2D eigenvalue weighted by molar-refractivity contribution is 6.22. The molecule has 0 bridgehead atoms. The Labute approximate surface area is 291 Å². The number of rotatable bonds is 4. The van der Waals surface area contributed by atoms with Gasteiger partial charge in [-0.3, -0.25) is 0 Å². The van der Waals surface area contributed by atoms with E-state index >= 15 is 0 Å².